The number of fused-ring (bicyclic) bond motifs is 1. The highest BCUT2D eigenvalue weighted by Gasteiger charge is 2.49. The number of ether oxygens (including phenoxy) is 3. The van der Waals surface area contributed by atoms with Crippen LogP contribution in [0.4, 0.5) is 5.13 Å². The van der Waals surface area contributed by atoms with E-state index < -0.39 is 29.5 Å². The van der Waals surface area contributed by atoms with Gasteiger partial charge in [-0.05, 0) is 63.4 Å². The normalized spacial score (nSPS) is 16.2. The summed E-state index contributed by atoms with van der Waals surface area (Å²) in [5.74, 6) is -1.91. The zero-order valence-corrected chi connectivity index (χ0v) is 25.6. The molecule has 4 aromatic rings. The molecule has 1 aromatic carbocycles. The summed E-state index contributed by atoms with van der Waals surface area (Å²) in [6.45, 7) is 9.93. The number of anilines is 1. The number of aromatic nitrogens is 3. The number of aliphatic hydroxyl groups is 1. The predicted octanol–water partition coefficient (Wildman–Crippen LogP) is 5.32. The summed E-state index contributed by atoms with van der Waals surface area (Å²) >= 11 is 0.928. The van der Waals surface area contributed by atoms with E-state index in [-0.39, 0.29) is 21.3 Å². The van der Waals surface area contributed by atoms with E-state index in [2.05, 4.69) is 9.97 Å². The molecule has 1 aliphatic rings. The van der Waals surface area contributed by atoms with Crippen molar-refractivity contribution in [1.82, 2.24) is 14.4 Å². The Morgan fingerprint density at radius 2 is 1.84 bits per heavy atom. The zero-order chi connectivity index (χ0) is 31.0. The van der Waals surface area contributed by atoms with Crippen LogP contribution in [0, 0.1) is 20.8 Å². The maximum atomic E-state index is 13.8. The number of hydrogen-bond acceptors (Lipinski definition) is 10. The fourth-order valence-electron chi connectivity index (χ4n) is 5.08. The molecule has 0 saturated carbocycles. The molecule has 1 aliphatic heterocycles. The van der Waals surface area contributed by atoms with E-state index in [0.29, 0.717) is 47.3 Å². The molecular formula is C31H32N4O7S. The first-order valence-corrected chi connectivity index (χ1v) is 14.6. The number of pyridine rings is 1. The zero-order valence-electron chi connectivity index (χ0n) is 24.8. The molecule has 1 unspecified atom stereocenters. The standard InChI is InChI=1S/C31H32N4O7S/c1-7-14-42-20-12-11-19(15-21(20)41-8-2)24-22(25(36)23-18(5)34-13-9-10-16(3)28(34)33-23)26(37)29(38)35(24)31-32-17(4)27(43-31)30(39)40-6/h9-13,15,24,36H,7-8,14H2,1-6H3. The van der Waals surface area contributed by atoms with Gasteiger partial charge in [0.25, 0.3) is 5.78 Å². The summed E-state index contributed by atoms with van der Waals surface area (Å²) in [4.78, 5) is 50.4. The van der Waals surface area contributed by atoms with Gasteiger partial charge in [-0.15, -0.1) is 0 Å². The molecule has 11 nitrogen and oxygen atoms in total. The van der Waals surface area contributed by atoms with Gasteiger partial charge >= 0.3 is 11.9 Å². The Morgan fingerprint density at radius 1 is 1.07 bits per heavy atom. The molecule has 1 amide bonds. The Balaban J connectivity index is 1.76. The second-order valence-corrected chi connectivity index (χ2v) is 11.0. The highest BCUT2D eigenvalue weighted by atomic mass is 32.1. The minimum atomic E-state index is -1.11. The van der Waals surface area contributed by atoms with E-state index in [0.717, 1.165) is 23.3 Å². The van der Waals surface area contributed by atoms with Crippen LogP contribution in [0.15, 0.2) is 42.1 Å². The van der Waals surface area contributed by atoms with Gasteiger partial charge in [-0.1, -0.05) is 30.4 Å². The fourth-order valence-corrected chi connectivity index (χ4v) is 6.09. The van der Waals surface area contributed by atoms with E-state index >= 15 is 0 Å². The molecule has 0 spiro atoms. The Kier molecular flexibility index (Phi) is 8.23. The van der Waals surface area contributed by atoms with Gasteiger partial charge in [-0.2, -0.15) is 0 Å². The number of methoxy groups -OCH3 is 1. The Hall–Kier alpha value is -4.71. The summed E-state index contributed by atoms with van der Waals surface area (Å²) in [7, 11) is 1.25. The number of thiazole rings is 1. The first kappa shape index (κ1) is 29.8. The molecule has 4 heterocycles. The number of aliphatic hydroxyl groups excluding tert-OH is 1. The number of carbonyl (C=O) groups is 3. The van der Waals surface area contributed by atoms with Gasteiger partial charge in [0.15, 0.2) is 22.4 Å². The molecule has 1 N–H and O–H groups in total. The van der Waals surface area contributed by atoms with Gasteiger partial charge in [0, 0.05) is 6.20 Å². The highest BCUT2D eigenvalue weighted by molar-refractivity contribution is 7.17. The monoisotopic (exact) mass is 604 g/mol. The van der Waals surface area contributed by atoms with Crippen molar-refractivity contribution in [2.45, 2.75) is 47.1 Å². The summed E-state index contributed by atoms with van der Waals surface area (Å²) < 4.78 is 18.4. The summed E-state index contributed by atoms with van der Waals surface area (Å²) in [6, 6.07) is 7.76. The molecule has 5 rings (SSSR count). The van der Waals surface area contributed by atoms with E-state index in [9.17, 15) is 19.5 Å². The average Bonchev–Trinajstić information content (AvgIpc) is 3.63. The van der Waals surface area contributed by atoms with Crippen LogP contribution in [-0.2, 0) is 14.3 Å². The van der Waals surface area contributed by atoms with Crippen molar-refractivity contribution in [3.05, 3.63) is 75.2 Å². The van der Waals surface area contributed by atoms with Crippen LogP contribution in [-0.4, -0.2) is 57.5 Å². The molecule has 0 bridgehead atoms. The van der Waals surface area contributed by atoms with Crippen LogP contribution in [0.3, 0.4) is 0 Å². The molecule has 43 heavy (non-hydrogen) atoms. The van der Waals surface area contributed by atoms with Crippen LogP contribution in [0.2, 0.25) is 0 Å². The smallest absolute Gasteiger partial charge is 0.350 e. The molecule has 1 saturated heterocycles. The van der Waals surface area contributed by atoms with Crippen LogP contribution >= 0.6 is 11.3 Å². The average molecular weight is 605 g/mol. The first-order valence-electron chi connectivity index (χ1n) is 13.8. The summed E-state index contributed by atoms with van der Waals surface area (Å²) in [6.07, 6.45) is 2.60. The summed E-state index contributed by atoms with van der Waals surface area (Å²) in [5.41, 5.74) is 2.91. The quantitative estimate of drug-likeness (QED) is 0.117. The highest BCUT2D eigenvalue weighted by Crippen LogP contribution is 2.46. The number of aryl methyl sites for hydroxylation is 3. The minimum absolute atomic E-state index is 0.107. The van der Waals surface area contributed by atoms with Crippen molar-refractivity contribution in [1.29, 1.82) is 0 Å². The lowest BCUT2D eigenvalue weighted by Gasteiger charge is -2.24. The molecular weight excluding hydrogens is 572 g/mol. The van der Waals surface area contributed by atoms with Crippen molar-refractivity contribution in [2.24, 2.45) is 0 Å². The SMILES string of the molecule is CCCOc1ccc(C2C(=C(O)c3nc4c(C)cccn4c3C)C(=O)C(=O)N2c2nc(C)c(C(=O)OC)s2)cc1OCC. The Bertz CT molecular complexity index is 1790. The van der Waals surface area contributed by atoms with E-state index in [1.165, 1.54) is 12.0 Å². The number of carbonyl (C=O) groups excluding carboxylic acids is 3. The van der Waals surface area contributed by atoms with Gasteiger partial charge in [0.1, 0.15) is 16.2 Å². The van der Waals surface area contributed by atoms with E-state index in [1.54, 1.807) is 32.0 Å². The third kappa shape index (κ3) is 5.11. The van der Waals surface area contributed by atoms with Gasteiger partial charge in [-0.25, -0.2) is 14.8 Å². The maximum Gasteiger partial charge on any atom is 0.350 e. The third-order valence-corrected chi connectivity index (χ3v) is 8.30. The predicted molar refractivity (Wildman–Crippen MR) is 161 cm³/mol. The second kappa shape index (κ2) is 11.9. The third-order valence-electron chi connectivity index (χ3n) is 7.16. The lowest BCUT2D eigenvalue weighted by atomic mass is 9.96. The van der Waals surface area contributed by atoms with Crippen molar-refractivity contribution in [2.75, 3.05) is 25.2 Å². The lowest BCUT2D eigenvalue weighted by molar-refractivity contribution is -0.132. The second-order valence-electron chi connectivity index (χ2n) is 9.99. The van der Waals surface area contributed by atoms with Gasteiger partial charge in [0.2, 0.25) is 0 Å². The number of esters is 1. The van der Waals surface area contributed by atoms with Gasteiger partial charge in [-0.3, -0.25) is 14.5 Å². The fraction of sp³-hybridized carbons (Fsp3) is 0.323. The van der Waals surface area contributed by atoms with E-state index in [1.807, 2.05) is 43.5 Å². The van der Waals surface area contributed by atoms with Crippen molar-refractivity contribution >= 4 is 45.5 Å². The van der Waals surface area contributed by atoms with E-state index in [4.69, 9.17) is 14.2 Å². The van der Waals surface area contributed by atoms with Crippen LogP contribution in [0.5, 0.6) is 11.5 Å². The molecule has 224 valence electrons. The minimum Gasteiger partial charge on any atom is -0.505 e. The summed E-state index contributed by atoms with van der Waals surface area (Å²) in [5, 5.41) is 11.9. The van der Waals surface area contributed by atoms with Gasteiger partial charge in [0.05, 0.1) is 43.3 Å². The van der Waals surface area contributed by atoms with Crippen molar-refractivity contribution in [3.63, 3.8) is 0 Å². The van der Waals surface area contributed by atoms with Crippen molar-refractivity contribution in [3.8, 4) is 11.5 Å². The van der Waals surface area contributed by atoms with Crippen LogP contribution in [0.1, 0.15) is 64.2 Å². The largest absolute Gasteiger partial charge is 0.505 e. The number of ketones is 1. The molecule has 0 radical (unpaired) electrons. The molecule has 0 aliphatic carbocycles. The molecule has 1 fully saturated rings. The number of rotatable bonds is 9. The lowest BCUT2D eigenvalue weighted by Crippen LogP contribution is -2.29. The number of Topliss-reactive ketones (excluding diaryl/α,β-unsaturated/α-hetero) is 1. The molecule has 12 heteroatoms. The first-order chi connectivity index (χ1) is 20.6. The topological polar surface area (TPSA) is 133 Å². The Morgan fingerprint density at radius 3 is 2.51 bits per heavy atom. The molecule has 1 atom stereocenters. The number of nitrogens with zero attached hydrogens (tertiary/aromatic N) is 4. The van der Waals surface area contributed by atoms with Crippen LogP contribution < -0.4 is 14.4 Å². The number of hydrogen-bond donors (Lipinski definition) is 1. The maximum absolute atomic E-state index is 13.8. The van der Waals surface area contributed by atoms with Crippen molar-refractivity contribution < 1.29 is 33.7 Å². The van der Waals surface area contributed by atoms with Crippen LogP contribution in [0.25, 0.3) is 11.4 Å². The Labute approximate surface area is 252 Å². The number of benzene rings is 1. The van der Waals surface area contributed by atoms with Gasteiger partial charge < -0.3 is 23.7 Å². The number of imidazole rings is 1. The number of amides is 1. The molecule has 3 aromatic heterocycles.